The summed E-state index contributed by atoms with van der Waals surface area (Å²) in [5.74, 6) is 1.25. The van der Waals surface area contributed by atoms with Crippen molar-refractivity contribution in [2.24, 2.45) is 7.05 Å². The number of ketones is 1. The number of nitrogens with zero attached hydrogens (tertiary/aromatic N) is 2. The van der Waals surface area contributed by atoms with E-state index in [0.29, 0.717) is 77.8 Å². The van der Waals surface area contributed by atoms with E-state index >= 15 is 0 Å². The number of rotatable bonds is 14. The lowest BCUT2D eigenvalue weighted by molar-refractivity contribution is -0.119. The molecule has 4 aromatic rings. The Bertz CT molecular complexity index is 1950. The van der Waals surface area contributed by atoms with E-state index in [0.717, 1.165) is 29.5 Å². The second kappa shape index (κ2) is 16.2. The quantitative estimate of drug-likeness (QED) is 0.117. The van der Waals surface area contributed by atoms with Crippen LogP contribution in [0, 0.1) is 0 Å². The molecule has 3 aromatic carbocycles. The van der Waals surface area contributed by atoms with Gasteiger partial charge in [-0.25, -0.2) is 4.98 Å². The van der Waals surface area contributed by atoms with Gasteiger partial charge in [-0.05, 0) is 72.7 Å². The molecule has 1 unspecified atom stereocenters. The number of unbranched alkanes of at least 4 members (excludes halogenated alkanes) is 2. The number of hydrogen-bond acceptors (Lipinski definition) is 9. The second-order valence-electron chi connectivity index (χ2n) is 12.2. The highest BCUT2D eigenvalue weighted by molar-refractivity contribution is 6.07. The van der Waals surface area contributed by atoms with Crippen LogP contribution < -0.4 is 35.6 Å². The Balaban J connectivity index is 1.23. The molecule has 3 N–H and O–H groups in total. The third-order valence-electron chi connectivity index (χ3n) is 8.74. The summed E-state index contributed by atoms with van der Waals surface area (Å²) < 4.78 is 18.8. The van der Waals surface area contributed by atoms with Gasteiger partial charge in [0, 0.05) is 56.1 Å². The van der Waals surface area contributed by atoms with Crippen LogP contribution in [0.15, 0.2) is 65.7 Å². The van der Waals surface area contributed by atoms with Gasteiger partial charge in [-0.3, -0.25) is 19.2 Å². The van der Waals surface area contributed by atoms with Gasteiger partial charge in [0.2, 0.25) is 28.8 Å². The molecular formula is C38H43N5O7. The molecule has 0 aliphatic heterocycles. The molecule has 0 saturated carbocycles. The Kier molecular flexibility index (Phi) is 11.5. The van der Waals surface area contributed by atoms with Gasteiger partial charge in [-0.15, -0.1) is 0 Å². The SMILES string of the molecule is COc1cc2c(c(OC)c1OC)-c1ccc(NCCCCCC(=O)Nc3cccc(C(=O)c4nccn4C)c3)c(=O)cc1C(NC(C)=O)CC2. The van der Waals surface area contributed by atoms with Crippen molar-refractivity contribution in [2.75, 3.05) is 38.5 Å². The summed E-state index contributed by atoms with van der Waals surface area (Å²) in [5.41, 5.74) is 4.42. The van der Waals surface area contributed by atoms with Gasteiger partial charge in [0.1, 0.15) is 0 Å². The average Bonchev–Trinajstić information content (AvgIpc) is 3.40. The summed E-state index contributed by atoms with van der Waals surface area (Å²) >= 11 is 0. The van der Waals surface area contributed by atoms with Crippen LogP contribution in [0.2, 0.25) is 0 Å². The minimum absolute atomic E-state index is 0.142. The lowest BCUT2D eigenvalue weighted by Crippen LogP contribution is -2.26. The summed E-state index contributed by atoms with van der Waals surface area (Å²) in [4.78, 5) is 55.3. The predicted octanol–water partition coefficient (Wildman–Crippen LogP) is 5.44. The number of aromatic nitrogens is 2. The van der Waals surface area contributed by atoms with Crippen molar-refractivity contribution in [3.8, 4) is 28.4 Å². The van der Waals surface area contributed by atoms with Crippen molar-refractivity contribution in [3.63, 3.8) is 0 Å². The number of methoxy groups -OCH3 is 3. The smallest absolute Gasteiger partial charge is 0.228 e. The zero-order valence-corrected chi connectivity index (χ0v) is 29.1. The number of nitrogens with one attached hydrogen (secondary N) is 3. The van der Waals surface area contributed by atoms with Crippen LogP contribution in [0.3, 0.4) is 0 Å². The summed E-state index contributed by atoms with van der Waals surface area (Å²) in [6, 6.07) is 13.6. The van der Waals surface area contributed by atoms with E-state index in [9.17, 15) is 19.2 Å². The molecular weight excluding hydrogens is 638 g/mol. The van der Waals surface area contributed by atoms with Gasteiger partial charge >= 0.3 is 0 Å². The fourth-order valence-corrected chi connectivity index (χ4v) is 6.34. The molecule has 1 atom stereocenters. The molecule has 1 aliphatic carbocycles. The lowest BCUT2D eigenvalue weighted by Gasteiger charge is -2.19. The maximum Gasteiger partial charge on any atom is 0.228 e. The molecule has 0 fully saturated rings. The van der Waals surface area contributed by atoms with E-state index in [4.69, 9.17) is 14.2 Å². The summed E-state index contributed by atoms with van der Waals surface area (Å²) in [5, 5.41) is 9.16. The molecule has 1 aromatic heterocycles. The van der Waals surface area contributed by atoms with Crippen molar-refractivity contribution < 1.29 is 28.6 Å². The van der Waals surface area contributed by atoms with Gasteiger partial charge < -0.3 is 34.7 Å². The summed E-state index contributed by atoms with van der Waals surface area (Å²) in [6.07, 6.45) is 6.94. The van der Waals surface area contributed by atoms with Crippen LogP contribution in [-0.2, 0) is 23.1 Å². The Morgan fingerprint density at radius 3 is 2.46 bits per heavy atom. The first-order valence-corrected chi connectivity index (χ1v) is 16.6. The maximum atomic E-state index is 13.5. The van der Waals surface area contributed by atoms with E-state index < -0.39 is 0 Å². The number of benzene rings is 2. The van der Waals surface area contributed by atoms with Crippen LogP contribution in [-0.4, -0.2) is 55.0 Å². The van der Waals surface area contributed by atoms with E-state index in [1.807, 2.05) is 12.1 Å². The molecule has 5 rings (SSSR count). The first-order valence-electron chi connectivity index (χ1n) is 16.6. The summed E-state index contributed by atoms with van der Waals surface area (Å²) in [6.45, 7) is 2.00. The Morgan fingerprint density at radius 2 is 1.76 bits per heavy atom. The zero-order valence-electron chi connectivity index (χ0n) is 29.1. The monoisotopic (exact) mass is 681 g/mol. The number of hydrogen-bond donors (Lipinski definition) is 3. The number of anilines is 2. The first-order chi connectivity index (χ1) is 24.1. The number of carbonyl (C=O) groups excluding carboxylic acids is 3. The largest absolute Gasteiger partial charge is 0.493 e. The van der Waals surface area contributed by atoms with Gasteiger partial charge in [0.05, 0.1) is 33.1 Å². The molecule has 0 radical (unpaired) electrons. The third-order valence-corrected chi connectivity index (χ3v) is 8.74. The molecule has 0 bridgehead atoms. The van der Waals surface area contributed by atoms with E-state index in [-0.39, 0.29) is 29.1 Å². The molecule has 1 aliphatic rings. The number of fused-ring (bicyclic) bond motifs is 3. The Morgan fingerprint density at radius 1 is 0.960 bits per heavy atom. The van der Waals surface area contributed by atoms with Crippen LogP contribution in [0.25, 0.3) is 11.1 Å². The van der Waals surface area contributed by atoms with Gasteiger partial charge in [0.25, 0.3) is 0 Å². The number of imidazole rings is 1. The normalized spacial score (nSPS) is 13.3. The third kappa shape index (κ3) is 7.96. The van der Waals surface area contributed by atoms with Gasteiger partial charge in [0.15, 0.2) is 17.3 Å². The highest BCUT2D eigenvalue weighted by Crippen LogP contribution is 2.50. The number of carbonyl (C=O) groups is 3. The van der Waals surface area contributed by atoms with Crippen molar-refractivity contribution in [3.05, 3.63) is 93.7 Å². The minimum Gasteiger partial charge on any atom is -0.493 e. The van der Waals surface area contributed by atoms with Crippen LogP contribution in [0.4, 0.5) is 11.4 Å². The Labute approximate surface area is 291 Å². The van der Waals surface area contributed by atoms with E-state index in [1.165, 1.54) is 6.92 Å². The molecule has 0 saturated heterocycles. The maximum absolute atomic E-state index is 13.5. The topological polar surface area (TPSA) is 150 Å². The highest BCUT2D eigenvalue weighted by Gasteiger charge is 2.29. The fourth-order valence-electron chi connectivity index (χ4n) is 6.34. The fraction of sp³-hybridized carbons (Fsp3) is 0.342. The second-order valence-corrected chi connectivity index (χ2v) is 12.2. The number of amides is 2. The van der Waals surface area contributed by atoms with E-state index in [1.54, 1.807) is 81.7 Å². The van der Waals surface area contributed by atoms with Crippen molar-refractivity contribution in [1.29, 1.82) is 0 Å². The average molecular weight is 682 g/mol. The molecule has 1 heterocycles. The van der Waals surface area contributed by atoms with Crippen LogP contribution in [0.1, 0.15) is 72.4 Å². The molecule has 12 heteroatoms. The van der Waals surface area contributed by atoms with Crippen LogP contribution >= 0.6 is 0 Å². The van der Waals surface area contributed by atoms with Crippen molar-refractivity contribution >= 4 is 29.0 Å². The van der Waals surface area contributed by atoms with Gasteiger partial charge in [-0.2, -0.15) is 0 Å². The molecule has 12 nitrogen and oxygen atoms in total. The number of aryl methyl sites for hydroxylation is 2. The highest BCUT2D eigenvalue weighted by atomic mass is 16.5. The van der Waals surface area contributed by atoms with Crippen LogP contribution in [0.5, 0.6) is 17.2 Å². The predicted molar refractivity (Wildman–Crippen MR) is 191 cm³/mol. The minimum atomic E-state index is -0.389. The summed E-state index contributed by atoms with van der Waals surface area (Å²) in [7, 11) is 6.44. The molecule has 50 heavy (non-hydrogen) atoms. The van der Waals surface area contributed by atoms with E-state index in [2.05, 4.69) is 20.9 Å². The molecule has 262 valence electrons. The molecule has 0 spiro atoms. The lowest BCUT2D eigenvalue weighted by atomic mass is 9.95. The van der Waals surface area contributed by atoms with Crippen molar-refractivity contribution in [2.45, 2.75) is 51.5 Å². The molecule has 2 amide bonds. The van der Waals surface area contributed by atoms with Gasteiger partial charge in [-0.1, -0.05) is 24.6 Å². The standard InChI is InChI=1S/C38H43N5O7/c1-23(44)41-29-15-13-24-21-32(48-3)36(49-4)37(50-5)34(24)27-14-16-30(31(45)22-28(27)29)39-17-8-6-7-12-33(46)42-26-11-9-10-25(20-26)35(47)38-40-18-19-43(38)2/h9-11,14,16,18-22,29H,6-8,12-13,15,17H2,1-5H3,(H,39,45)(H,41,44)(H,42,46). The Hall–Kier alpha value is -5.65. The van der Waals surface area contributed by atoms with Crippen molar-refractivity contribution in [1.82, 2.24) is 14.9 Å². The number of ether oxygens (including phenoxy) is 3. The first kappa shape index (κ1) is 35.7. The zero-order chi connectivity index (χ0) is 35.8.